The number of rotatable bonds is 10. The second-order valence-electron chi connectivity index (χ2n) is 14.4. The Labute approximate surface area is 295 Å². The van der Waals surface area contributed by atoms with Crippen molar-refractivity contribution in [3.8, 4) is 5.75 Å². The zero-order chi connectivity index (χ0) is 34.7. The molecule has 268 valence electrons. The van der Waals surface area contributed by atoms with Crippen LogP contribution in [0.3, 0.4) is 0 Å². The van der Waals surface area contributed by atoms with Gasteiger partial charge in [-0.15, -0.1) is 0 Å². The number of methoxy groups -OCH3 is 3. The first kappa shape index (κ1) is 35.9. The Hall–Kier alpha value is -2.92. The third kappa shape index (κ3) is 7.43. The van der Waals surface area contributed by atoms with Crippen LogP contribution in [0.15, 0.2) is 42.5 Å². The van der Waals surface area contributed by atoms with Crippen molar-refractivity contribution in [2.45, 2.75) is 68.2 Å². The molecule has 1 N–H and O–H groups in total. The second-order valence-corrected chi connectivity index (χ2v) is 14.8. The highest BCUT2D eigenvalue weighted by molar-refractivity contribution is 6.30. The fourth-order valence-electron chi connectivity index (χ4n) is 8.92. The third-order valence-corrected chi connectivity index (χ3v) is 12.0. The first-order valence-corrected chi connectivity index (χ1v) is 18.2. The number of halogens is 2. The van der Waals surface area contributed by atoms with Gasteiger partial charge in [0.25, 0.3) is 5.91 Å². The van der Waals surface area contributed by atoms with Gasteiger partial charge < -0.3 is 29.3 Å². The highest BCUT2D eigenvalue weighted by Gasteiger charge is 2.57. The lowest BCUT2D eigenvalue weighted by Crippen LogP contribution is -2.50. The molecule has 0 aromatic heterocycles. The van der Waals surface area contributed by atoms with Crippen LogP contribution in [0.5, 0.6) is 5.75 Å². The number of hydrogen-bond donors (Lipinski definition) is 1. The van der Waals surface area contributed by atoms with Crippen LogP contribution in [0.2, 0.25) is 5.02 Å². The number of benzene rings is 2. The van der Waals surface area contributed by atoms with Crippen LogP contribution < -0.4 is 15.0 Å². The van der Waals surface area contributed by atoms with Crippen molar-refractivity contribution in [2.24, 2.45) is 11.8 Å². The summed E-state index contributed by atoms with van der Waals surface area (Å²) in [7, 11) is 6.74. The molecule has 0 radical (unpaired) electrons. The maximum Gasteiger partial charge on any atom is 0.262 e. The zero-order valence-electron chi connectivity index (χ0n) is 29.3. The molecule has 2 aromatic rings. The summed E-state index contributed by atoms with van der Waals surface area (Å²) in [6.07, 6.45) is 5.49. The summed E-state index contributed by atoms with van der Waals surface area (Å²) >= 11 is 6.56. The van der Waals surface area contributed by atoms with E-state index in [2.05, 4.69) is 21.2 Å². The highest BCUT2D eigenvalue weighted by Crippen LogP contribution is 2.46. The van der Waals surface area contributed by atoms with E-state index >= 15 is 4.39 Å². The monoisotopic (exact) mass is 698 g/mol. The Morgan fingerprint density at radius 2 is 1.67 bits per heavy atom. The van der Waals surface area contributed by atoms with Gasteiger partial charge in [-0.2, -0.15) is 0 Å². The number of hydrogen-bond acceptors (Lipinski definition) is 7. The molecule has 11 heteroatoms. The lowest BCUT2D eigenvalue weighted by Gasteiger charge is -2.35. The SMILES string of the molecule is CNC(=O)C1CCN(c2cc(Cl)ccc2[C@H]2CN(C(=O)[C@]3(F)CN(C4CCC(OC)CC4)C[C@H]3c3ccc(OC)cc3)C[C@@H]2COC)CC1. The van der Waals surface area contributed by atoms with Gasteiger partial charge in [-0.25, -0.2) is 4.39 Å². The number of ether oxygens (including phenoxy) is 3. The van der Waals surface area contributed by atoms with Crippen LogP contribution in [0.25, 0.3) is 0 Å². The van der Waals surface area contributed by atoms with Gasteiger partial charge in [-0.1, -0.05) is 29.8 Å². The highest BCUT2D eigenvalue weighted by atomic mass is 35.5. The molecule has 2 amide bonds. The van der Waals surface area contributed by atoms with E-state index in [9.17, 15) is 9.59 Å². The molecule has 0 bridgehead atoms. The predicted molar refractivity (Wildman–Crippen MR) is 189 cm³/mol. The largest absolute Gasteiger partial charge is 0.497 e. The summed E-state index contributed by atoms with van der Waals surface area (Å²) in [5.41, 5.74) is 0.842. The van der Waals surface area contributed by atoms with Crippen molar-refractivity contribution in [2.75, 3.05) is 79.2 Å². The first-order valence-electron chi connectivity index (χ1n) is 17.8. The van der Waals surface area contributed by atoms with Crippen LogP contribution in [0, 0.1) is 11.8 Å². The minimum atomic E-state index is -2.08. The van der Waals surface area contributed by atoms with Gasteiger partial charge in [0.05, 0.1) is 19.8 Å². The molecule has 0 unspecified atom stereocenters. The number of carbonyl (C=O) groups excluding carboxylic acids is 2. The molecule has 2 aromatic carbocycles. The molecule has 4 atom stereocenters. The van der Waals surface area contributed by atoms with E-state index in [4.69, 9.17) is 25.8 Å². The van der Waals surface area contributed by atoms with Gasteiger partial charge >= 0.3 is 0 Å². The number of carbonyl (C=O) groups is 2. The van der Waals surface area contributed by atoms with Crippen molar-refractivity contribution in [3.05, 3.63) is 58.6 Å². The Kier molecular flexibility index (Phi) is 11.4. The fraction of sp³-hybridized carbons (Fsp3) is 0.632. The molecule has 0 spiro atoms. The van der Waals surface area contributed by atoms with Crippen molar-refractivity contribution >= 4 is 29.1 Å². The average molecular weight is 699 g/mol. The molecule has 3 heterocycles. The molecule has 49 heavy (non-hydrogen) atoms. The number of alkyl halides is 1. The van der Waals surface area contributed by atoms with Gasteiger partial charge in [0.1, 0.15) is 5.75 Å². The van der Waals surface area contributed by atoms with Crippen LogP contribution in [-0.2, 0) is 19.1 Å². The van der Waals surface area contributed by atoms with Crippen molar-refractivity contribution in [3.63, 3.8) is 0 Å². The van der Waals surface area contributed by atoms with Crippen molar-refractivity contribution < 1.29 is 28.2 Å². The lowest BCUT2D eigenvalue weighted by molar-refractivity contribution is -0.143. The van der Waals surface area contributed by atoms with Crippen molar-refractivity contribution in [1.82, 2.24) is 15.1 Å². The lowest BCUT2D eigenvalue weighted by atomic mass is 9.85. The number of nitrogens with one attached hydrogen (secondary N) is 1. The first-order chi connectivity index (χ1) is 23.7. The smallest absolute Gasteiger partial charge is 0.262 e. The van der Waals surface area contributed by atoms with Gasteiger partial charge in [-0.3, -0.25) is 14.5 Å². The second kappa shape index (κ2) is 15.5. The summed E-state index contributed by atoms with van der Waals surface area (Å²) in [6, 6.07) is 13.7. The van der Waals surface area contributed by atoms with Crippen LogP contribution in [-0.4, -0.2) is 114 Å². The predicted octanol–water partition coefficient (Wildman–Crippen LogP) is 5.26. The summed E-state index contributed by atoms with van der Waals surface area (Å²) in [5.74, 6) is -0.332. The molecular weight excluding hydrogens is 647 g/mol. The van der Waals surface area contributed by atoms with Gasteiger partial charge in [-0.05, 0) is 73.9 Å². The summed E-state index contributed by atoms with van der Waals surface area (Å²) in [4.78, 5) is 33.3. The molecule has 1 aliphatic carbocycles. The molecule has 4 fully saturated rings. The summed E-state index contributed by atoms with van der Waals surface area (Å²) < 4.78 is 34.6. The van der Waals surface area contributed by atoms with E-state index in [1.165, 1.54) is 0 Å². The molecule has 6 rings (SSSR count). The molecule has 3 aliphatic heterocycles. The Morgan fingerprint density at radius 3 is 2.31 bits per heavy atom. The normalized spacial score (nSPS) is 29.7. The van der Waals surface area contributed by atoms with E-state index in [-0.39, 0.29) is 42.4 Å². The van der Waals surface area contributed by atoms with Crippen LogP contribution >= 0.6 is 11.6 Å². The Balaban J connectivity index is 1.26. The number of anilines is 1. The van der Waals surface area contributed by atoms with Gasteiger partial charge in [0.2, 0.25) is 11.6 Å². The minimum absolute atomic E-state index is 0.00916. The number of amides is 2. The minimum Gasteiger partial charge on any atom is -0.497 e. The van der Waals surface area contributed by atoms with E-state index in [0.717, 1.165) is 68.4 Å². The average Bonchev–Trinajstić information content (AvgIpc) is 3.73. The maximum absolute atomic E-state index is 17.9. The molecule has 4 aliphatic rings. The topological polar surface area (TPSA) is 83.6 Å². The Morgan fingerprint density at radius 1 is 0.959 bits per heavy atom. The maximum atomic E-state index is 17.9. The molecule has 3 saturated heterocycles. The van der Waals surface area contributed by atoms with Crippen molar-refractivity contribution in [1.29, 1.82) is 0 Å². The molecular formula is C38H52ClFN4O5. The standard InChI is InChI=1S/C38H52ClFN4O5/c1-41-36(45)26-15-17-42(18-16-26)35-19-28(39)7-14-32(35)33-21-43(20-27(33)23-47-2)37(46)38(40)24-44(29-8-12-31(49-4)13-9-29)22-34(38)25-5-10-30(48-3)11-6-25/h5-7,10-11,14,19,26-27,29,31,33-34H,8-9,12-13,15-18,20-24H2,1-4H3,(H,41,45)/t27-,29?,31?,33+,34+,38+/m1/s1. The molecule has 1 saturated carbocycles. The third-order valence-electron chi connectivity index (χ3n) is 11.7. The zero-order valence-corrected chi connectivity index (χ0v) is 30.1. The van der Waals surface area contributed by atoms with Crippen LogP contribution in [0.4, 0.5) is 10.1 Å². The van der Waals surface area contributed by atoms with Crippen LogP contribution in [0.1, 0.15) is 61.5 Å². The van der Waals surface area contributed by atoms with E-state index in [0.29, 0.717) is 37.0 Å². The fourth-order valence-corrected chi connectivity index (χ4v) is 9.09. The van der Waals surface area contributed by atoms with Gasteiger partial charge in [0, 0.05) is 101 Å². The summed E-state index contributed by atoms with van der Waals surface area (Å²) in [5, 5.41) is 3.42. The van der Waals surface area contributed by atoms with E-state index in [1.807, 2.05) is 36.4 Å². The Bertz CT molecular complexity index is 1450. The number of likely N-dealkylation sites (tertiary alicyclic amines) is 2. The van der Waals surface area contributed by atoms with E-state index < -0.39 is 17.5 Å². The number of piperidine rings is 1. The summed E-state index contributed by atoms with van der Waals surface area (Å²) in [6.45, 7) is 3.29. The quantitative estimate of drug-likeness (QED) is 0.363. The number of nitrogens with zero attached hydrogens (tertiary/aromatic N) is 3. The molecule has 9 nitrogen and oxygen atoms in total. The van der Waals surface area contributed by atoms with Gasteiger partial charge in [0.15, 0.2) is 0 Å². The van der Waals surface area contributed by atoms with E-state index in [1.54, 1.807) is 33.3 Å².